The lowest BCUT2D eigenvalue weighted by Gasteiger charge is -2.44. The fourth-order valence-corrected chi connectivity index (χ4v) is 5.56. The fourth-order valence-electron chi connectivity index (χ4n) is 5.44. The summed E-state index contributed by atoms with van der Waals surface area (Å²) in [5.74, 6) is 0.409. The van der Waals surface area contributed by atoms with Crippen LogP contribution in [0.2, 0.25) is 5.02 Å². The van der Waals surface area contributed by atoms with Gasteiger partial charge < -0.3 is 5.11 Å². The zero-order chi connectivity index (χ0) is 22.8. The number of nitrogens with zero attached hydrogens (tertiary/aromatic N) is 4. The van der Waals surface area contributed by atoms with Crippen molar-refractivity contribution in [2.45, 2.75) is 56.7 Å². The summed E-state index contributed by atoms with van der Waals surface area (Å²) in [6.07, 6.45) is 8.55. The first kappa shape index (κ1) is 22.5. The third-order valence-electron chi connectivity index (χ3n) is 7.23. The normalized spacial score (nSPS) is 24.8. The highest BCUT2D eigenvalue weighted by atomic mass is 35.5. The number of piperidine rings is 1. The number of halogens is 2. The zero-order valence-electron chi connectivity index (χ0n) is 18.7. The van der Waals surface area contributed by atoms with Crippen LogP contribution in [0.1, 0.15) is 56.2 Å². The summed E-state index contributed by atoms with van der Waals surface area (Å²) in [7, 11) is 0. The van der Waals surface area contributed by atoms with Crippen LogP contribution in [-0.4, -0.2) is 44.2 Å². The second-order valence-electron chi connectivity index (χ2n) is 9.49. The van der Waals surface area contributed by atoms with Crippen LogP contribution in [0.25, 0.3) is 11.3 Å². The van der Waals surface area contributed by atoms with Gasteiger partial charge in [0.2, 0.25) is 0 Å². The third-order valence-corrected chi connectivity index (χ3v) is 7.49. The number of hydrogen-bond acceptors (Lipinski definition) is 4. The van der Waals surface area contributed by atoms with Crippen molar-refractivity contribution in [2.24, 2.45) is 5.92 Å². The molecule has 7 heteroatoms. The number of aliphatic hydroxyl groups is 1. The van der Waals surface area contributed by atoms with Crippen LogP contribution < -0.4 is 0 Å². The number of aliphatic hydroxyl groups excluding tert-OH is 1. The van der Waals surface area contributed by atoms with Crippen LogP contribution in [0.15, 0.2) is 54.7 Å². The maximum Gasteiger partial charge on any atom is 0.123 e. The number of β-amino-alcohol motifs (C(OH)–C–C–N with tert-alkyl or cyclic N) is 1. The van der Waals surface area contributed by atoms with Crippen LogP contribution in [0.4, 0.5) is 4.39 Å². The highest BCUT2D eigenvalue weighted by Crippen LogP contribution is 2.39. The van der Waals surface area contributed by atoms with E-state index in [1.807, 2.05) is 18.3 Å². The van der Waals surface area contributed by atoms with Crippen molar-refractivity contribution in [2.75, 3.05) is 13.1 Å². The molecule has 3 atom stereocenters. The van der Waals surface area contributed by atoms with Crippen molar-refractivity contribution >= 4 is 11.6 Å². The number of likely N-dealkylation sites (tertiary alicyclic amines) is 1. The number of rotatable bonds is 5. The van der Waals surface area contributed by atoms with Crippen molar-refractivity contribution in [1.29, 1.82) is 0 Å². The van der Waals surface area contributed by atoms with E-state index < -0.39 is 6.10 Å². The first-order valence-corrected chi connectivity index (χ1v) is 12.3. The maximum absolute atomic E-state index is 13.3. The molecule has 1 aromatic heterocycles. The Labute approximate surface area is 199 Å². The van der Waals surface area contributed by atoms with E-state index in [-0.39, 0.29) is 17.9 Å². The predicted molar refractivity (Wildman–Crippen MR) is 127 cm³/mol. The Hall–Kier alpha value is -2.28. The molecule has 5 nitrogen and oxygen atoms in total. The van der Waals surface area contributed by atoms with Gasteiger partial charge in [0.25, 0.3) is 0 Å². The van der Waals surface area contributed by atoms with Gasteiger partial charge in [-0.15, -0.1) is 5.10 Å². The summed E-state index contributed by atoms with van der Waals surface area (Å²) in [6.45, 7) is 1.61. The Balaban J connectivity index is 1.39. The molecular weight excluding hydrogens is 439 g/mol. The second-order valence-corrected chi connectivity index (χ2v) is 9.92. The first-order valence-electron chi connectivity index (χ1n) is 11.9. The molecule has 2 heterocycles. The molecule has 1 N–H and O–H groups in total. The van der Waals surface area contributed by atoms with E-state index in [9.17, 15) is 9.50 Å². The van der Waals surface area contributed by atoms with Crippen LogP contribution >= 0.6 is 11.6 Å². The fraction of sp³-hybridized carbons (Fsp3) is 0.462. The van der Waals surface area contributed by atoms with Gasteiger partial charge in [-0.2, -0.15) is 0 Å². The Morgan fingerprint density at radius 1 is 1.00 bits per heavy atom. The highest BCUT2D eigenvalue weighted by molar-refractivity contribution is 6.30. The maximum atomic E-state index is 13.3. The summed E-state index contributed by atoms with van der Waals surface area (Å²) in [6, 6.07) is 14.3. The minimum atomic E-state index is -0.542. The Bertz CT molecular complexity index is 1050. The molecule has 1 saturated heterocycles. The van der Waals surface area contributed by atoms with Gasteiger partial charge in [-0.3, -0.25) is 4.90 Å². The quantitative estimate of drug-likeness (QED) is 0.524. The average molecular weight is 469 g/mol. The van der Waals surface area contributed by atoms with Crippen LogP contribution in [0.5, 0.6) is 0 Å². The van der Waals surface area contributed by atoms with Gasteiger partial charge in [0, 0.05) is 29.7 Å². The van der Waals surface area contributed by atoms with Gasteiger partial charge in [-0.05, 0) is 67.1 Å². The third kappa shape index (κ3) is 5.13. The molecule has 33 heavy (non-hydrogen) atoms. The van der Waals surface area contributed by atoms with Crippen molar-refractivity contribution in [3.63, 3.8) is 0 Å². The van der Waals surface area contributed by atoms with E-state index in [0.717, 1.165) is 23.6 Å². The van der Waals surface area contributed by atoms with E-state index in [1.165, 1.54) is 49.8 Å². The Morgan fingerprint density at radius 3 is 2.45 bits per heavy atom. The van der Waals surface area contributed by atoms with Crippen LogP contribution in [0, 0.1) is 11.7 Å². The van der Waals surface area contributed by atoms with Crippen molar-refractivity contribution in [3.8, 4) is 11.3 Å². The number of hydrogen-bond donors (Lipinski definition) is 1. The van der Waals surface area contributed by atoms with Gasteiger partial charge in [-0.1, -0.05) is 48.2 Å². The molecule has 0 unspecified atom stereocenters. The zero-order valence-corrected chi connectivity index (χ0v) is 19.4. The van der Waals surface area contributed by atoms with Gasteiger partial charge in [0.05, 0.1) is 18.3 Å². The van der Waals surface area contributed by atoms with E-state index in [2.05, 4.69) is 27.3 Å². The SMILES string of the molecule is O[C@H]1CN(CC2CCCCC2)[C@@H](c2ccc(Cl)cc2)C[C@@H]1n1cc(-c2ccc(F)cc2)nn1. The summed E-state index contributed by atoms with van der Waals surface area (Å²) in [4.78, 5) is 2.46. The Morgan fingerprint density at radius 2 is 1.73 bits per heavy atom. The molecule has 2 fully saturated rings. The predicted octanol–water partition coefficient (Wildman–Crippen LogP) is 5.67. The second kappa shape index (κ2) is 9.92. The molecule has 0 bridgehead atoms. The van der Waals surface area contributed by atoms with Gasteiger partial charge in [-0.25, -0.2) is 9.07 Å². The van der Waals surface area contributed by atoms with Gasteiger partial charge >= 0.3 is 0 Å². The van der Waals surface area contributed by atoms with Crippen LogP contribution in [0.3, 0.4) is 0 Å². The lowest BCUT2D eigenvalue weighted by molar-refractivity contribution is -0.0181. The molecule has 3 aromatic rings. The summed E-state index contributed by atoms with van der Waals surface area (Å²) >= 11 is 6.16. The van der Waals surface area contributed by atoms with E-state index >= 15 is 0 Å². The molecule has 174 valence electrons. The standard InChI is InChI=1S/C26H30ClFN4O/c27-21-10-6-20(7-11-21)24-14-25(26(33)17-31(24)15-18-4-2-1-3-5-18)32-16-23(29-30-32)19-8-12-22(28)13-9-19/h6-13,16,18,24-26,33H,1-5,14-15,17H2/t24-,25+,26+/m1/s1. The lowest BCUT2D eigenvalue weighted by atomic mass is 9.85. The minimum absolute atomic E-state index is 0.177. The van der Waals surface area contributed by atoms with E-state index in [1.54, 1.807) is 16.8 Å². The average Bonchev–Trinajstić information content (AvgIpc) is 3.31. The molecule has 0 radical (unpaired) electrons. The smallest absolute Gasteiger partial charge is 0.123 e. The van der Waals surface area contributed by atoms with Gasteiger partial charge in [0.1, 0.15) is 11.5 Å². The monoisotopic (exact) mass is 468 g/mol. The van der Waals surface area contributed by atoms with Gasteiger partial charge in [0.15, 0.2) is 0 Å². The summed E-state index contributed by atoms with van der Waals surface area (Å²) in [5, 5.41) is 20.5. The molecule has 1 aliphatic heterocycles. The molecule has 1 aliphatic carbocycles. The molecular formula is C26H30ClFN4O. The number of benzene rings is 2. The molecule has 0 spiro atoms. The lowest BCUT2D eigenvalue weighted by Crippen LogP contribution is -2.48. The summed E-state index contributed by atoms with van der Waals surface area (Å²) < 4.78 is 15.1. The molecule has 2 aromatic carbocycles. The molecule has 2 aliphatic rings. The summed E-state index contributed by atoms with van der Waals surface area (Å²) in [5.41, 5.74) is 2.70. The van der Waals surface area contributed by atoms with Crippen molar-refractivity contribution in [3.05, 3.63) is 71.1 Å². The number of aromatic nitrogens is 3. The molecule has 1 saturated carbocycles. The highest BCUT2D eigenvalue weighted by Gasteiger charge is 2.38. The largest absolute Gasteiger partial charge is 0.390 e. The van der Waals surface area contributed by atoms with E-state index in [4.69, 9.17) is 11.6 Å². The molecule has 5 rings (SSSR count). The molecule has 0 amide bonds. The van der Waals surface area contributed by atoms with E-state index in [0.29, 0.717) is 18.2 Å². The van der Waals surface area contributed by atoms with Crippen LogP contribution in [-0.2, 0) is 0 Å². The van der Waals surface area contributed by atoms with Crippen molar-refractivity contribution < 1.29 is 9.50 Å². The Kier molecular flexibility index (Phi) is 6.76. The first-order chi connectivity index (χ1) is 16.1. The van der Waals surface area contributed by atoms with Crippen molar-refractivity contribution in [1.82, 2.24) is 19.9 Å². The minimum Gasteiger partial charge on any atom is -0.390 e. The topological polar surface area (TPSA) is 54.2 Å².